The van der Waals surface area contributed by atoms with Gasteiger partial charge < -0.3 is 14.3 Å². The summed E-state index contributed by atoms with van der Waals surface area (Å²) in [5.74, 6) is 0.952. The molecule has 29 heavy (non-hydrogen) atoms. The molecule has 1 aromatic heterocycles. The monoisotopic (exact) mass is 390 g/mol. The number of amides is 1. The van der Waals surface area contributed by atoms with Crippen LogP contribution in [0.4, 0.5) is 0 Å². The van der Waals surface area contributed by atoms with E-state index >= 15 is 0 Å². The molecule has 1 fully saturated rings. The maximum atomic E-state index is 13.2. The molecule has 1 atom stereocenters. The number of carbonyl (C=O) groups is 1. The number of hydrogen-bond acceptors (Lipinski definition) is 6. The fourth-order valence-corrected chi connectivity index (χ4v) is 3.49. The SMILES string of the molecule is CCc1nc(C2CC(=NOC)CN2C(=O)c2ccc(-c3ccccc3)cc2)no1. The van der Waals surface area contributed by atoms with E-state index in [1.807, 2.05) is 61.5 Å². The third kappa shape index (κ3) is 3.89. The van der Waals surface area contributed by atoms with E-state index in [0.29, 0.717) is 36.7 Å². The van der Waals surface area contributed by atoms with Crippen LogP contribution in [0.25, 0.3) is 11.1 Å². The van der Waals surface area contributed by atoms with Crippen LogP contribution in [0.3, 0.4) is 0 Å². The molecule has 2 heterocycles. The Morgan fingerprint density at radius 1 is 1.17 bits per heavy atom. The van der Waals surface area contributed by atoms with Gasteiger partial charge >= 0.3 is 0 Å². The lowest BCUT2D eigenvalue weighted by molar-refractivity contribution is 0.0732. The summed E-state index contributed by atoms with van der Waals surface area (Å²) in [6, 6.07) is 17.4. The van der Waals surface area contributed by atoms with Crippen LogP contribution in [0.15, 0.2) is 64.3 Å². The quantitative estimate of drug-likeness (QED) is 0.618. The van der Waals surface area contributed by atoms with Crippen molar-refractivity contribution in [3.05, 3.63) is 71.9 Å². The minimum Gasteiger partial charge on any atom is -0.399 e. The van der Waals surface area contributed by atoms with Crippen LogP contribution in [0.5, 0.6) is 0 Å². The molecule has 0 saturated carbocycles. The summed E-state index contributed by atoms with van der Waals surface area (Å²) in [6.07, 6.45) is 1.16. The van der Waals surface area contributed by atoms with Crippen molar-refractivity contribution in [3.8, 4) is 11.1 Å². The maximum Gasteiger partial charge on any atom is 0.254 e. The van der Waals surface area contributed by atoms with Gasteiger partial charge in [-0.25, -0.2) is 0 Å². The summed E-state index contributed by atoms with van der Waals surface area (Å²) >= 11 is 0. The van der Waals surface area contributed by atoms with E-state index in [4.69, 9.17) is 9.36 Å². The lowest BCUT2D eigenvalue weighted by Crippen LogP contribution is -2.31. The van der Waals surface area contributed by atoms with Crippen molar-refractivity contribution in [1.82, 2.24) is 15.0 Å². The molecular weight excluding hydrogens is 368 g/mol. The number of benzene rings is 2. The van der Waals surface area contributed by atoms with Gasteiger partial charge in [-0.2, -0.15) is 4.98 Å². The molecule has 0 N–H and O–H groups in total. The molecule has 0 aliphatic carbocycles. The average Bonchev–Trinajstić information content (AvgIpc) is 3.41. The molecular formula is C22H22N4O3. The van der Waals surface area contributed by atoms with Crippen molar-refractivity contribution < 1.29 is 14.2 Å². The fourth-order valence-electron chi connectivity index (χ4n) is 3.49. The number of nitrogens with zero attached hydrogens (tertiary/aromatic N) is 4. The smallest absolute Gasteiger partial charge is 0.254 e. The van der Waals surface area contributed by atoms with Gasteiger partial charge in [0.2, 0.25) is 5.89 Å². The molecule has 1 saturated heterocycles. The number of aromatic nitrogens is 2. The van der Waals surface area contributed by atoms with Gasteiger partial charge in [0.15, 0.2) is 5.82 Å². The zero-order valence-corrected chi connectivity index (χ0v) is 16.4. The van der Waals surface area contributed by atoms with Crippen LogP contribution in [-0.2, 0) is 11.3 Å². The Morgan fingerprint density at radius 2 is 1.90 bits per heavy atom. The van der Waals surface area contributed by atoms with E-state index in [1.54, 1.807) is 4.90 Å². The normalized spacial score (nSPS) is 17.7. The second-order valence-electron chi connectivity index (χ2n) is 6.84. The molecule has 0 spiro atoms. The first kappa shape index (κ1) is 18.9. The predicted octanol–water partition coefficient (Wildman–Crippen LogP) is 3.89. The van der Waals surface area contributed by atoms with Crippen molar-refractivity contribution in [2.24, 2.45) is 5.16 Å². The highest BCUT2D eigenvalue weighted by molar-refractivity contribution is 6.00. The molecule has 148 valence electrons. The maximum absolute atomic E-state index is 13.2. The van der Waals surface area contributed by atoms with Crippen LogP contribution < -0.4 is 0 Å². The molecule has 1 aliphatic rings. The largest absolute Gasteiger partial charge is 0.399 e. The van der Waals surface area contributed by atoms with E-state index in [9.17, 15) is 4.79 Å². The number of likely N-dealkylation sites (tertiary alicyclic amines) is 1. The second-order valence-corrected chi connectivity index (χ2v) is 6.84. The molecule has 0 radical (unpaired) electrons. The zero-order chi connectivity index (χ0) is 20.2. The Morgan fingerprint density at radius 3 is 2.55 bits per heavy atom. The lowest BCUT2D eigenvalue weighted by atomic mass is 10.0. The van der Waals surface area contributed by atoms with Gasteiger partial charge in [-0.05, 0) is 23.3 Å². The van der Waals surface area contributed by atoms with Crippen LogP contribution in [0, 0.1) is 0 Å². The molecule has 4 rings (SSSR count). The van der Waals surface area contributed by atoms with Gasteiger partial charge in [-0.15, -0.1) is 0 Å². The first-order chi connectivity index (χ1) is 14.2. The molecule has 3 aromatic rings. The van der Waals surface area contributed by atoms with Gasteiger partial charge in [0.1, 0.15) is 13.2 Å². The average molecular weight is 390 g/mol. The molecule has 1 amide bonds. The van der Waals surface area contributed by atoms with E-state index in [0.717, 1.165) is 16.8 Å². The van der Waals surface area contributed by atoms with Crippen molar-refractivity contribution in [2.75, 3.05) is 13.7 Å². The van der Waals surface area contributed by atoms with Gasteiger partial charge in [-0.1, -0.05) is 59.7 Å². The Labute approximate surface area is 169 Å². The van der Waals surface area contributed by atoms with E-state index < -0.39 is 0 Å². The summed E-state index contributed by atoms with van der Waals surface area (Å²) in [5.41, 5.74) is 3.55. The molecule has 1 aliphatic heterocycles. The Balaban J connectivity index is 1.60. The fraction of sp³-hybridized carbons (Fsp3) is 0.273. The van der Waals surface area contributed by atoms with Crippen LogP contribution >= 0.6 is 0 Å². The Hall–Kier alpha value is -3.48. The third-order valence-electron chi connectivity index (χ3n) is 4.96. The molecule has 7 heteroatoms. The number of oxime groups is 1. The van der Waals surface area contributed by atoms with Crippen molar-refractivity contribution >= 4 is 11.6 Å². The van der Waals surface area contributed by atoms with E-state index in [1.165, 1.54) is 7.11 Å². The molecule has 2 aromatic carbocycles. The molecule has 7 nitrogen and oxygen atoms in total. The summed E-state index contributed by atoms with van der Waals surface area (Å²) in [6.45, 7) is 2.31. The summed E-state index contributed by atoms with van der Waals surface area (Å²) in [4.78, 5) is 24.3. The van der Waals surface area contributed by atoms with E-state index in [2.05, 4.69) is 15.3 Å². The van der Waals surface area contributed by atoms with Crippen LogP contribution in [-0.4, -0.2) is 40.3 Å². The van der Waals surface area contributed by atoms with Crippen molar-refractivity contribution in [3.63, 3.8) is 0 Å². The topological polar surface area (TPSA) is 80.8 Å². The highest BCUT2D eigenvalue weighted by atomic mass is 16.6. The van der Waals surface area contributed by atoms with Crippen LogP contribution in [0.2, 0.25) is 0 Å². The third-order valence-corrected chi connectivity index (χ3v) is 4.96. The predicted molar refractivity (Wildman–Crippen MR) is 108 cm³/mol. The van der Waals surface area contributed by atoms with Crippen molar-refractivity contribution in [2.45, 2.75) is 25.8 Å². The number of carbonyl (C=O) groups excluding carboxylic acids is 1. The molecule has 1 unspecified atom stereocenters. The van der Waals surface area contributed by atoms with Gasteiger partial charge in [0.25, 0.3) is 5.91 Å². The van der Waals surface area contributed by atoms with Crippen molar-refractivity contribution in [1.29, 1.82) is 0 Å². The number of aryl methyl sites for hydroxylation is 1. The van der Waals surface area contributed by atoms with Gasteiger partial charge in [0, 0.05) is 18.4 Å². The summed E-state index contributed by atoms with van der Waals surface area (Å²) in [5, 5.41) is 8.11. The summed E-state index contributed by atoms with van der Waals surface area (Å²) in [7, 11) is 1.50. The Bertz CT molecular complexity index is 1010. The second kappa shape index (κ2) is 8.26. The first-order valence-electron chi connectivity index (χ1n) is 9.57. The van der Waals surface area contributed by atoms with Crippen LogP contribution in [0.1, 0.15) is 41.5 Å². The first-order valence-corrected chi connectivity index (χ1v) is 9.57. The highest BCUT2D eigenvalue weighted by Gasteiger charge is 2.37. The minimum atomic E-state index is -0.325. The van der Waals surface area contributed by atoms with Gasteiger partial charge in [-0.3, -0.25) is 4.79 Å². The van der Waals surface area contributed by atoms with E-state index in [-0.39, 0.29) is 11.9 Å². The number of rotatable bonds is 5. The van der Waals surface area contributed by atoms with Gasteiger partial charge in [0.05, 0.1) is 12.3 Å². The number of hydrogen-bond donors (Lipinski definition) is 0. The summed E-state index contributed by atoms with van der Waals surface area (Å²) < 4.78 is 5.25. The molecule has 0 bridgehead atoms. The minimum absolute atomic E-state index is 0.0984. The zero-order valence-electron chi connectivity index (χ0n) is 16.4. The Kier molecular flexibility index (Phi) is 5.37. The highest BCUT2D eigenvalue weighted by Crippen LogP contribution is 2.31. The lowest BCUT2D eigenvalue weighted by Gasteiger charge is -2.21. The standard InChI is InChI=1S/C22H22N4O3/c1-3-20-23-21(25-29-20)19-13-18(24-28-2)14-26(19)22(27)17-11-9-16(10-12-17)15-7-5-4-6-8-15/h4-12,19H,3,13-14H2,1-2H3.